The molecule has 3 nitrogen and oxygen atoms in total. The second-order valence-corrected chi connectivity index (χ2v) is 12.0. The van der Waals surface area contributed by atoms with E-state index in [0.717, 1.165) is 66.8 Å². The van der Waals surface area contributed by atoms with Gasteiger partial charge in [-0.1, -0.05) is 116 Å². The monoisotopic (exact) mass is 614 g/mol. The standard InChI is InChI=1S/C45H30N2O/c1-2-41-38(23-16-30-17-25-44-39(28-30)37-14-8-9-15-43(37)48-44)45-36-13-7-6-12-32(36)20-24-42(45)47(41)35-21-18-33(19-22-35)40-29-34(26-27-46-40)31-10-4-3-5-11-31/h2-29H,1H2/b23-16+. The predicted molar refractivity (Wildman–Crippen MR) is 202 cm³/mol. The van der Waals surface area contributed by atoms with Gasteiger partial charge in [-0.2, -0.15) is 0 Å². The van der Waals surface area contributed by atoms with E-state index in [4.69, 9.17) is 9.40 Å². The van der Waals surface area contributed by atoms with Crippen molar-refractivity contribution in [2.24, 2.45) is 0 Å². The molecule has 6 aromatic carbocycles. The maximum Gasteiger partial charge on any atom is 0.135 e. The van der Waals surface area contributed by atoms with Gasteiger partial charge in [0.15, 0.2) is 0 Å². The van der Waals surface area contributed by atoms with Crippen molar-refractivity contribution in [1.29, 1.82) is 0 Å². The molecular formula is C45H30N2O. The van der Waals surface area contributed by atoms with Crippen LogP contribution in [-0.4, -0.2) is 9.55 Å². The molecule has 0 saturated carbocycles. The summed E-state index contributed by atoms with van der Waals surface area (Å²) in [7, 11) is 0. The van der Waals surface area contributed by atoms with Gasteiger partial charge in [0.05, 0.1) is 16.9 Å². The molecule has 0 aliphatic heterocycles. The lowest BCUT2D eigenvalue weighted by molar-refractivity contribution is 0.669. The van der Waals surface area contributed by atoms with E-state index in [1.54, 1.807) is 0 Å². The average Bonchev–Trinajstić information content (AvgIpc) is 3.69. The molecule has 0 spiro atoms. The van der Waals surface area contributed by atoms with E-state index in [9.17, 15) is 0 Å². The van der Waals surface area contributed by atoms with Gasteiger partial charge in [-0.25, -0.2) is 0 Å². The van der Waals surface area contributed by atoms with E-state index < -0.39 is 0 Å². The number of rotatable bonds is 6. The summed E-state index contributed by atoms with van der Waals surface area (Å²) in [5.41, 5.74) is 11.6. The Kier molecular flexibility index (Phi) is 6.62. The maximum absolute atomic E-state index is 6.08. The normalized spacial score (nSPS) is 11.8. The van der Waals surface area contributed by atoms with Crippen LogP contribution in [0.4, 0.5) is 0 Å². The Balaban J connectivity index is 1.17. The highest BCUT2D eigenvalue weighted by atomic mass is 16.3. The number of pyridine rings is 1. The summed E-state index contributed by atoms with van der Waals surface area (Å²) < 4.78 is 8.40. The zero-order valence-corrected chi connectivity index (χ0v) is 26.2. The van der Waals surface area contributed by atoms with E-state index >= 15 is 0 Å². The topological polar surface area (TPSA) is 31.0 Å². The number of aromatic nitrogens is 2. The van der Waals surface area contributed by atoms with Crippen molar-refractivity contribution in [3.63, 3.8) is 0 Å². The number of fused-ring (bicyclic) bond motifs is 6. The lowest BCUT2D eigenvalue weighted by Crippen LogP contribution is -1.97. The maximum atomic E-state index is 6.08. The molecule has 226 valence electrons. The lowest BCUT2D eigenvalue weighted by atomic mass is 10.0. The first kappa shape index (κ1) is 27.8. The van der Waals surface area contributed by atoms with Crippen LogP contribution in [0.2, 0.25) is 0 Å². The van der Waals surface area contributed by atoms with Gasteiger partial charge in [0.2, 0.25) is 0 Å². The Morgan fingerprint density at radius 3 is 2.21 bits per heavy atom. The molecule has 9 rings (SSSR count). The molecule has 0 bridgehead atoms. The minimum Gasteiger partial charge on any atom is -0.456 e. The third-order valence-corrected chi connectivity index (χ3v) is 9.26. The van der Waals surface area contributed by atoms with Gasteiger partial charge in [0, 0.05) is 39.2 Å². The molecule has 0 amide bonds. The molecule has 3 heterocycles. The van der Waals surface area contributed by atoms with Crippen LogP contribution < -0.4 is 0 Å². The number of hydrogen-bond acceptors (Lipinski definition) is 2. The lowest BCUT2D eigenvalue weighted by Gasteiger charge is -2.11. The summed E-state index contributed by atoms with van der Waals surface area (Å²) in [6.07, 6.45) is 8.29. The Bertz CT molecular complexity index is 2670. The average molecular weight is 615 g/mol. The largest absolute Gasteiger partial charge is 0.456 e. The van der Waals surface area contributed by atoms with E-state index in [0.29, 0.717) is 0 Å². The third kappa shape index (κ3) is 4.64. The molecule has 0 fully saturated rings. The second kappa shape index (κ2) is 11.4. The fraction of sp³-hybridized carbons (Fsp3) is 0. The molecule has 3 heteroatoms. The molecule has 0 saturated heterocycles. The molecule has 0 aliphatic carbocycles. The van der Waals surface area contributed by atoms with Gasteiger partial charge < -0.3 is 8.98 Å². The van der Waals surface area contributed by atoms with Gasteiger partial charge in [-0.15, -0.1) is 0 Å². The summed E-state index contributed by atoms with van der Waals surface area (Å²) in [5.74, 6) is 0. The van der Waals surface area contributed by atoms with Gasteiger partial charge in [0.1, 0.15) is 11.2 Å². The number of benzene rings is 6. The number of para-hydroxylation sites is 1. The van der Waals surface area contributed by atoms with Gasteiger partial charge in [0.25, 0.3) is 0 Å². The first-order valence-corrected chi connectivity index (χ1v) is 16.2. The molecule has 0 aliphatic rings. The van der Waals surface area contributed by atoms with Crippen molar-refractivity contribution in [2.45, 2.75) is 0 Å². The van der Waals surface area contributed by atoms with E-state index in [1.807, 2.05) is 30.5 Å². The highest BCUT2D eigenvalue weighted by Crippen LogP contribution is 2.38. The van der Waals surface area contributed by atoms with Crippen LogP contribution in [0.15, 0.2) is 163 Å². The highest BCUT2D eigenvalue weighted by molar-refractivity contribution is 6.13. The van der Waals surface area contributed by atoms with Crippen molar-refractivity contribution < 1.29 is 4.42 Å². The number of furan rings is 1. The minimum absolute atomic E-state index is 0.896. The molecule has 0 unspecified atom stereocenters. The molecule has 3 aromatic heterocycles. The first-order valence-electron chi connectivity index (χ1n) is 16.2. The van der Waals surface area contributed by atoms with Crippen LogP contribution in [0.3, 0.4) is 0 Å². The molecule has 0 N–H and O–H groups in total. The van der Waals surface area contributed by atoms with Gasteiger partial charge in [-0.3, -0.25) is 4.98 Å². The van der Waals surface area contributed by atoms with Crippen LogP contribution in [0.5, 0.6) is 0 Å². The number of nitrogens with zero attached hydrogens (tertiary/aromatic N) is 2. The summed E-state index contributed by atoms with van der Waals surface area (Å²) in [5, 5.41) is 5.87. The Morgan fingerprint density at radius 1 is 0.583 bits per heavy atom. The molecule has 0 radical (unpaired) electrons. The van der Waals surface area contributed by atoms with Crippen molar-refractivity contribution in [2.75, 3.05) is 0 Å². The van der Waals surface area contributed by atoms with Crippen LogP contribution in [0.25, 0.3) is 89.9 Å². The van der Waals surface area contributed by atoms with Crippen molar-refractivity contribution in [3.8, 4) is 28.1 Å². The Labute approximate surface area is 278 Å². The summed E-state index contributed by atoms with van der Waals surface area (Å²) in [4.78, 5) is 4.71. The molecule has 0 atom stereocenters. The third-order valence-electron chi connectivity index (χ3n) is 9.26. The zero-order valence-electron chi connectivity index (χ0n) is 26.2. The van der Waals surface area contributed by atoms with Crippen LogP contribution in [0.1, 0.15) is 16.8 Å². The fourth-order valence-electron chi connectivity index (χ4n) is 6.96. The van der Waals surface area contributed by atoms with Crippen molar-refractivity contribution >= 4 is 61.8 Å². The summed E-state index contributed by atoms with van der Waals surface area (Å²) in [6, 6.07) is 50.9. The predicted octanol–water partition coefficient (Wildman–Crippen LogP) is 12.2. The van der Waals surface area contributed by atoms with E-state index in [-0.39, 0.29) is 0 Å². The molecule has 48 heavy (non-hydrogen) atoms. The van der Waals surface area contributed by atoms with Crippen LogP contribution >= 0.6 is 0 Å². The summed E-state index contributed by atoms with van der Waals surface area (Å²) in [6.45, 7) is 4.30. The van der Waals surface area contributed by atoms with Crippen LogP contribution in [0, 0.1) is 0 Å². The smallest absolute Gasteiger partial charge is 0.135 e. The fourth-order valence-corrected chi connectivity index (χ4v) is 6.96. The minimum atomic E-state index is 0.896. The molecule has 9 aromatic rings. The SMILES string of the molecule is C=Cc1c(/C=C/c2ccc3oc4ccccc4c3c2)c2c3ccccc3ccc2n1-c1ccc(-c2cc(-c3ccccc3)ccn2)cc1. The van der Waals surface area contributed by atoms with Gasteiger partial charge >= 0.3 is 0 Å². The Hall–Kier alpha value is -6.45. The molecular weight excluding hydrogens is 585 g/mol. The highest BCUT2D eigenvalue weighted by Gasteiger charge is 2.18. The van der Waals surface area contributed by atoms with E-state index in [2.05, 4.69) is 151 Å². The first-order chi connectivity index (χ1) is 23.7. The van der Waals surface area contributed by atoms with Gasteiger partial charge in [-0.05, 0) is 82.1 Å². The quantitative estimate of drug-likeness (QED) is 0.187. The van der Waals surface area contributed by atoms with E-state index in [1.165, 1.54) is 21.7 Å². The van der Waals surface area contributed by atoms with Crippen LogP contribution in [-0.2, 0) is 0 Å². The summed E-state index contributed by atoms with van der Waals surface area (Å²) >= 11 is 0. The zero-order chi connectivity index (χ0) is 32.0. The number of hydrogen-bond donors (Lipinski definition) is 0. The Morgan fingerprint density at radius 2 is 1.35 bits per heavy atom. The second-order valence-electron chi connectivity index (χ2n) is 12.0. The van der Waals surface area contributed by atoms with Crippen molar-refractivity contribution in [1.82, 2.24) is 9.55 Å². The van der Waals surface area contributed by atoms with Crippen molar-refractivity contribution in [3.05, 3.63) is 175 Å².